The van der Waals surface area contributed by atoms with Crippen LogP contribution in [0.4, 0.5) is 0 Å². The third-order valence-corrected chi connectivity index (χ3v) is 2.74. The fourth-order valence-corrected chi connectivity index (χ4v) is 1.84. The number of fused-ring (bicyclic) bond motifs is 1. The van der Waals surface area contributed by atoms with Crippen molar-refractivity contribution in [1.29, 1.82) is 0 Å². The average molecular weight is 182 g/mol. The molecule has 0 saturated carbocycles. The van der Waals surface area contributed by atoms with Crippen LogP contribution in [0.15, 0.2) is 23.1 Å². The lowest BCUT2D eigenvalue weighted by atomic mass is 10.3. The number of thioether (sulfide) groups is 1. The molecule has 0 spiro atoms. The molecule has 0 amide bonds. The lowest BCUT2D eigenvalue weighted by Crippen LogP contribution is -1.71. The third-order valence-electron chi connectivity index (χ3n) is 1.46. The summed E-state index contributed by atoms with van der Waals surface area (Å²) in [5.74, 6) is 0. The number of hydrogen-bond acceptors (Lipinski definition) is 4. The first-order valence-corrected chi connectivity index (χ1v) is 5.12. The molecule has 1 aromatic heterocycles. The Morgan fingerprint density at radius 1 is 1.27 bits per heavy atom. The van der Waals surface area contributed by atoms with Gasteiger partial charge in [0.2, 0.25) is 0 Å². The van der Waals surface area contributed by atoms with Crippen molar-refractivity contribution in [2.75, 3.05) is 6.26 Å². The van der Waals surface area contributed by atoms with Gasteiger partial charge in [-0.2, -0.15) is 8.75 Å². The van der Waals surface area contributed by atoms with E-state index >= 15 is 0 Å². The Hall–Kier alpha value is -0.610. The van der Waals surface area contributed by atoms with Crippen LogP contribution in [0.3, 0.4) is 0 Å². The van der Waals surface area contributed by atoms with E-state index in [-0.39, 0.29) is 0 Å². The lowest BCUT2D eigenvalue weighted by Gasteiger charge is -1.92. The first-order valence-electron chi connectivity index (χ1n) is 3.16. The van der Waals surface area contributed by atoms with Gasteiger partial charge in [-0.15, -0.1) is 11.8 Å². The Bertz CT molecular complexity index is 369. The predicted octanol–water partition coefficient (Wildman–Crippen LogP) is 2.41. The summed E-state index contributed by atoms with van der Waals surface area (Å²) in [5.41, 5.74) is 2.00. The van der Waals surface area contributed by atoms with Crippen molar-refractivity contribution in [3.63, 3.8) is 0 Å². The first kappa shape index (κ1) is 7.06. The molecule has 0 N–H and O–H groups in total. The fourth-order valence-electron chi connectivity index (χ4n) is 0.889. The van der Waals surface area contributed by atoms with Gasteiger partial charge in [-0.1, -0.05) is 0 Å². The average Bonchev–Trinajstić information content (AvgIpc) is 2.50. The van der Waals surface area contributed by atoms with Gasteiger partial charge in [0.15, 0.2) is 0 Å². The van der Waals surface area contributed by atoms with Gasteiger partial charge in [0.1, 0.15) is 11.0 Å². The Morgan fingerprint density at radius 2 is 2.09 bits per heavy atom. The van der Waals surface area contributed by atoms with E-state index < -0.39 is 0 Å². The van der Waals surface area contributed by atoms with Crippen LogP contribution in [0.2, 0.25) is 0 Å². The standard InChI is InChI=1S/C7H6N2S2/c1-10-5-2-3-6-7(4-5)9-11-8-6/h2-4H,1H3. The van der Waals surface area contributed by atoms with E-state index in [1.807, 2.05) is 6.07 Å². The summed E-state index contributed by atoms with van der Waals surface area (Å²) in [6.07, 6.45) is 2.06. The Balaban J connectivity index is 2.67. The quantitative estimate of drug-likeness (QED) is 0.633. The zero-order chi connectivity index (χ0) is 7.68. The highest BCUT2D eigenvalue weighted by Crippen LogP contribution is 2.19. The molecule has 11 heavy (non-hydrogen) atoms. The smallest absolute Gasteiger partial charge is 0.105 e. The molecule has 0 fully saturated rings. The number of nitrogens with zero attached hydrogens (tertiary/aromatic N) is 2. The van der Waals surface area contributed by atoms with Gasteiger partial charge in [-0.3, -0.25) is 0 Å². The van der Waals surface area contributed by atoms with Crippen LogP contribution in [0.25, 0.3) is 11.0 Å². The molecule has 0 atom stereocenters. The fraction of sp³-hybridized carbons (Fsp3) is 0.143. The van der Waals surface area contributed by atoms with Gasteiger partial charge in [0.25, 0.3) is 0 Å². The summed E-state index contributed by atoms with van der Waals surface area (Å²) in [7, 11) is 0. The molecule has 56 valence electrons. The first-order chi connectivity index (χ1) is 5.40. The summed E-state index contributed by atoms with van der Waals surface area (Å²) in [6, 6.07) is 6.13. The molecular weight excluding hydrogens is 176 g/mol. The van der Waals surface area contributed by atoms with Gasteiger partial charge in [-0.05, 0) is 24.5 Å². The third kappa shape index (κ3) is 1.23. The van der Waals surface area contributed by atoms with E-state index in [0.29, 0.717) is 0 Å². The van der Waals surface area contributed by atoms with Crippen LogP contribution in [-0.2, 0) is 0 Å². The molecule has 4 heteroatoms. The van der Waals surface area contributed by atoms with E-state index in [1.165, 1.54) is 16.6 Å². The van der Waals surface area contributed by atoms with Gasteiger partial charge in [-0.25, -0.2) is 0 Å². The molecule has 2 aromatic rings. The molecule has 0 aliphatic rings. The lowest BCUT2D eigenvalue weighted by molar-refractivity contribution is 1.48. The van der Waals surface area contributed by atoms with E-state index in [1.54, 1.807) is 11.8 Å². The van der Waals surface area contributed by atoms with Crippen LogP contribution in [0, 0.1) is 0 Å². The van der Waals surface area contributed by atoms with Crippen molar-refractivity contribution < 1.29 is 0 Å². The van der Waals surface area contributed by atoms with Crippen molar-refractivity contribution in [3.05, 3.63) is 18.2 Å². The van der Waals surface area contributed by atoms with E-state index in [2.05, 4.69) is 27.1 Å². The minimum Gasteiger partial charge on any atom is -0.173 e. The summed E-state index contributed by atoms with van der Waals surface area (Å²) in [6.45, 7) is 0. The van der Waals surface area contributed by atoms with Gasteiger partial charge >= 0.3 is 0 Å². The summed E-state index contributed by atoms with van der Waals surface area (Å²) >= 11 is 2.99. The van der Waals surface area contributed by atoms with E-state index in [4.69, 9.17) is 0 Å². The Labute approximate surface area is 73.0 Å². The normalized spacial score (nSPS) is 10.6. The highest BCUT2D eigenvalue weighted by atomic mass is 32.2. The number of hydrogen-bond donors (Lipinski definition) is 0. The van der Waals surface area contributed by atoms with Crippen LogP contribution in [-0.4, -0.2) is 15.0 Å². The SMILES string of the molecule is CSc1ccc2nsnc2c1. The monoisotopic (exact) mass is 182 g/mol. The second-order valence-corrected chi connectivity index (χ2v) is 3.53. The maximum absolute atomic E-state index is 4.14. The second-order valence-electron chi connectivity index (χ2n) is 2.12. The predicted molar refractivity (Wildman–Crippen MR) is 49.2 cm³/mol. The van der Waals surface area contributed by atoms with Crippen molar-refractivity contribution >= 4 is 34.5 Å². The van der Waals surface area contributed by atoms with E-state index in [0.717, 1.165) is 11.0 Å². The molecule has 0 unspecified atom stereocenters. The molecule has 0 bridgehead atoms. The number of aromatic nitrogens is 2. The molecular formula is C7H6N2S2. The molecule has 0 aliphatic carbocycles. The molecule has 0 radical (unpaired) electrons. The van der Waals surface area contributed by atoms with Gasteiger partial charge in [0, 0.05) is 4.90 Å². The summed E-state index contributed by atoms with van der Waals surface area (Å²) in [4.78, 5) is 1.24. The molecule has 1 heterocycles. The van der Waals surface area contributed by atoms with Crippen LogP contribution in [0.5, 0.6) is 0 Å². The molecule has 0 aliphatic heterocycles. The zero-order valence-corrected chi connectivity index (χ0v) is 7.58. The molecule has 0 saturated heterocycles. The minimum absolute atomic E-state index is 0.993. The van der Waals surface area contributed by atoms with Crippen molar-refractivity contribution in [2.45, 2.75) is 4.90 Å². The number of benzene rings is 1. The van der Waals surface area contributed by atoms with E-state index in [9.17, 15) is 0 Å². The largest absolute Gasteiger partial charge is 0.173 e. The highest BCUT2D eigenvalue weighted by molar-refractivity contribution is 7.98. The van der Waals surface area contributed by atoms with Gasteiger partial charge < -0.3 is 0 Å². The second kappa shape index (κ2) is 2.79. The molecule has 2 rings (SSSR count). The maximum atomic E-state index is 4.14. The van der Waals surface area contributed by atoms with Crippen LogP contribution in [0.1, 0.15) is 0 Å². The maximum Gasteiger partial charge on any atom is 0.105 e. The molecule has 1 aromatic carbocycles. The number of rotatable bonds is 1. The van der Waals surface area contributed by atoms with Crippen molar-refractivity contribution in [1.82, 2.24) is 8.75 Å². The minimum atomic E-state index is 0.993. The van der Waals surface area contributed by atoms with Crippen molar-refractivity contribution in [3.8, 4) is 0 Å². The van der Waals surface area contributed by atoms with Crippen LogP contribution < -0.4 is 0 Å². The zero-order valence-electron chi connectivity index (χ0n) is 5.94. The van der Waals surface area contributed by atoms with Crippen LogP contribution >= 0.6 is 23.5 Å². The Kier molecular flexibility index (Phi) is 1.79. The van der Waals surface area contributed by atoms with Crippen molar-refractivity contribution in [2.24, 2.45) is 0 Å². The molecule has 2 nitrogen and oxygen atoms in total. The summed E-state index contributed by atoms with van der Waals surface area (Å²) in [5, 5.41) is 0. The topological polar surface area (TPSA) is 25.8 Å². The Morgan fingerprint density at radius 3 is 2.91 bits per heavy atom. The highest BCUT2D eigenvalue weighted by Gasteiger charge is 1.97. The summed E-state index contributed by atoms with van der Waals surface area (Å²) < 4.78 is 8.26. The van der Waals surface area contributed by atoms with Gasteiger partial charge in [0.05, 0.1) is 11.7 Å².